The summed E-state index contributed by atoms with van der Waals surface area (Å²) in [5.74, 6) is 0. The molecule has 0 N–H and O–H groups in total. The maximum atomic E-state index is 5.43. The van der Waals surface area contributed by atoms with Gasteiger partial charge >= 0.3 is 0 Å². The summed E-state index contributed by atoms with van der Waals surface area (Å²) in [6, 6.07) is 0. The summed E-state index contributed by atoms with van der Waals surface area (Å²) in [7, 11) is 0. The average Bonchev–Trinajstić information content (AvgIpc) is 3.16. The van der Waals surface area contributed by atoms with Crippen molar-refractivity contribution >= 4 is 0 Å². The van der Waals surface area contributed by atoms with E-state index in [9.17, 15) is 0 Å². The van der Waals surface area contributed by atoms with Crippen molar-refractivity contribution in [3.05, 3.63) is 0 Å². The largest absolute Gasteiger partial charge is 0.379 e. The van der Waals surface area contributed by atoms with Crippen LogP contribution in [-0.2, 0) is 18.9 Å². The molecule has 18 heavy (non-hydrogen) atoms. The van der Waals surface area contributed by atoms with Crippen LogP contribution in [0.4, 0.5) is 0 Å². The molecule has 0 aromatic heterocycles. The lowest BCUT2D eigenvalue weighted by atomic mass is 10.2. The van der Waals surface area contributed by atoms with Crippen molar-refractivity contribution in [1.82, 2.24) is 0 Å². The van der Waals surface area contributed by atoms with E-state index < -0.39 is 0 Å². The van der Waals surface area contributed by atoms with E-state index in [4.69, 9.17) is 18.9 Å². The van der Waals surface area contributed by atoms with Crippen LogP contribution in [0.1, 0.15) is 40.5 Å². The van der Waals surface area contributed by atoms with Gasteiger partial charge in [0.1, 0.15) is 12.2 Å². The molecule has 2 aliphatic heterocycles. The van der Waals surface area contributed by atoms with Crippen LogP contribution < -0.4 is 0 Å². The van der Waals surface area contributed by atoms with Crippen LogP contribution in [0.2, 0.25) is 0 Å². The molecule has 4 heteroatoms. The number of rotatable bonds is 7. The van der Waals surface area contributed by atoms with Crippen molar-refractivity contribution in [2.45, 2.75) is 58.3 Å². The van der Waals surface area contributed by atoms with E-state index in [1.807, 2.05) is 0 Å². The number of hydrogen-bond acceptors (Lipinski definition) is 4. The second kappa shape index (κ2) is 8.10. The van der Waals surface area contributed by atoms with E-state index in [0.717, 1.165) is 33.0 Å². The summed E-state index contributed by atoms with van der Waals surface area (Å²) < 4.78 is 20.6. The van der Waals surface area contributed by atoms with Crippen LogP contribution in [0.5, 0.6) is 0 Å². The van der Waals surface area contributed by atoms with E-state index >= 15 is 0 Å². The van der Waals surface area contributed by atoms with Gasteiger partial charge in [0.05, 0.1) is 32.0 Å². The first-order chi connectivity index (χ1) is 8.51. The summed E-state index contributed by atoms with van der Waals surface area (Å²) in [5.41, 5.74) is -0.00799. The van der Waals surface area contributed by atoms with Gasteiger partial charge in [0.15, 0.2) is 0 Å². The van der Waals surface area contributed by atoms with E-state index in [1.165, 1.54) is 12.8 Å². The molecule has 0 spiro atoms. The van der Waals surface area contributed by atoms with Gasteiger partial charge in [0.25, 0.3) is 0 Å². The predicted molar refractivity (Wildman–Crippen MR) is 70.9 cm³/mol. The predicted octanol–water partition coefficient (Wildman–Crippen LogP) is 2.40. The minimum atomic E-state index is -0.00799. The highest BCUT2D eigenvalue weighted by Gasteiger charge is 2.25. The number of ether oxygens (including phenoxy) is 4. The molecule has 2 unspecified atom stereocenters. The highest BCUT2D eigenvalue weighted by molar-refractivity contribution is 4.70. The maximum absolute atomic E-state index is 5.43. The lowest BCUT2D eigenvalue weighted by molar-refractivity contribution is -0.0104. The van der Waals surface area contributed by atoms with Gasteiger partial charge in [0.2, 0.25) is 0 Å². The van der Waals surface area contributed by atoms with Crippen molar-refractivity contribution in [3.63, 3.8) is 0 Å². The molecule has 2 saturated heterocycles. The Morgan fingerprint density at radius 3 is 2.06 bits per heavy atom. The van der Waals surface area contributed by atoms with Gasteiger partial charge in [-0.2, -0.15) is 0 Å². The van der Waals surface area contributed by atoms with Crippen LogP contribution >= 0.6 is 0 Å². The first-order valence-corrected chi connectivity index (χ1v) is 6.96. The third-order valence-corrected chi connectivity index (χ3v) is 2.45. The molecule has 0 aromatic carbocycles. The van der Waals surface area contributed by atoms with Gasteiger partial charge in [0, 0.05) is 6.61 Å². The molecular weight excluding hydrogens is 232 g/mol. The van der Waals surface area contributed by atoms with Crippen LogP contribution in [0.3, 0.4) is 0 Å². The smallest absolute Gasteiger partial charge is 0.104 e. The van der Waals surface area contributed by atoms with Crippen molar-refractivity contribution in [1.29, 1.82) is 0 Å². The Balaban J connectivity index is 0.000000180. The number of epoxide rings is 2. The fourth-order valence-electron chi connectivity index (χ4n) is 1.13. The Hall–Kier alpha value is -0.160. The zero-order valence-corrected chi connectivity index (χ0v) is 12.2. The van der Waals surface area contributed by atoms with Gasteiger partial charge in [-0.05, 0) is 27.2 Å². The molecule has 2 atom stereocenters. The molecular formula is C14H28O4. The maximum Gasteiger partial charge on any atom is 0.104 e. The molecule has 0 aromatic rings. The van der Waals surface area contributed by atoms with E-state index in [0.29, 0.717) is 12.2 Å². The molecule has 2 rings (SSSR count). The third kappa shape index (κ3) is 11.0. The SMILES string of the molecule is CC(C)(C)OCC1CO1.CCCCOCC1CO1. The van der Waals surface area contributed by atoms with Gasteiger partial charge < -0.3 is 18.9 Å². The summed E-state index contributed by atoms with van der Waals surface area (Å²) in [6.07, 6.45) is 3.21. The zero-order chi connectivity index (χ0) is 13.4. The summed E-state index contributed by atoms with van der Waals surface area (Å²) in [5, 5.41) is 0. The minimum absolute atomic E-state index is 0.00799. The van der Waals surface area contributed by atoms with Crippen molar-refractivity contribution in [3.8, 4) is 0 Å². The summed E-state index contributed by atoms with van der Waals surface area (Å²) in [4.78, 5) is 0. The monoisotopic (exact) mass is 260 g/mol. The molecule has 4 nitrogen and oxygen atoms in total. The van der Waals surface area contributed by atoms with E-state index in [2.05, 4.69) is 27.7 Å². The topological polar surface area (TPSA) is 43.5 Å². The average molecular weight is 260 g/mol. The highest BCUT2D eigenvalue weighted by atomic mass is 16.6. The molecule has 108 valence electrons. The van der Waals surface area contributed by atoms with Crippen LogP contribution in [0.15, 0.2) is 0 Å². The van der Waals surface area contributed by atoms with Gasteiger partial charge in [-0.3, -0.25) is 0 Å². The Bertz CT molecular complexity index is 204. The van der Waals surface area contributed by atoms with Crippen LogP contribution in [-0.4, -0.2) is 50.8 Å². The van der Waals surface area contributed by atoms with Crippen molar-refractivity contribution < 1.29 is 18.9 Å². The van der Waals surface area contributed by atoms with Crippen LogP contribution in [0, 0.1) is 0 Å². The van der Waals surface area contributed by atoms with E-state index in [-0.39, 0.29) is 5.60 Å². The van der Waals surface area contributed by atoms with Crippen LogP contribution in [0.25, 0.3) is 0 Å². The Kier molecular flexibility index (Phi) is 7.15. The normalized spacial score (nSPS) is 25.3. The second-order valence-corrected chi connectivity index (χ2v) is 5.76. The quantitative estimate of drug-likeness (QED) is 0.521. The highest BCUT2D eigenvalue weighted by Crippen LogP contribution is 2.14. The fraction of sp³-hybridized carbons (Fsp3) is 1.00. The molecule has 0 aliphatic carbocycles. The first-order valence-electron chi connectivity index (χ1n) is 6.96. The molecule has 0 saturated carbocycles. The molecule has 2 heterocycles. The second-order valence-electron chi connectivity index (χ2n) is 5.76. The Labute approximate surface area is 111 Å². The fourth-order valence-corrected chi connectivity index (χ4v) is 1.13. The number of hydrogen-bond donors (Lipinski definition) is 0. The molecule has 0 radical (unpaired) electrons. The Morgan fingerprint density at radius 1 is 1.06 bits per heavy atom. The number of unbranched alkanes of at least 4 members (excludes halogenated alkanes) is 1. The van der Waals surface area contributed by atoms with Crippen molar-refractivity contribution in [2.75, 3.05) is 33.0 Å². The molecule has 2 fully saturated rings. The molecule has 0 bridgehead atoms. The van der Waals surface area contributed by atoms with Gasteiger partial charge in [-0.25, -0.2) is 0 Å². The lowest BCUT2D eigenvalue weighted by Crippen LogP contribution is -2.21. The van der Waals surface area contributed by atoms with Gasteiger partial charge in [-0.1, -0.05) is 13.3 Å². The third-order valence-electron chi connectivity index (χ3n) is 2.45. The Morgan fingerprint density at radius 2 is 1.61 bits per heavy atom. The first kappa shape index (κ1) is 15.9. The summed E-state index contributed by atoms with van der Waals surface area (Å²) in [6.45, 7) is 12.6. The molecule has 2 aliphatic rings. The van der Waals surface area contributed by atoms with E-state index in [1.54, 1.807) is 0 Å². The van der Waals surface area contributed by atoms with Crippen molar-refractivity contribution in [2.24, 2.45) is 0 Å². The zero-order valence-electron chi connectivity index (χ0n) is 12.2. The summed E-state index contributed by atoms with van der Waals surface area (Å²) >= 11 is 0. The standard InChI is InChI=1S/2C7H14O2/c1-7(2,3)9-5-6-4-8-6;1-2-3-4-8-5-7-6-9-7/h6H,4-5H2,1-3H3;7H,2-6H2,1H3. The lowest BCUT2D eigenvalue weighted by Gasteiger charge is -2.18. The molecule has 0 amide bonds. The minimum Gasteiger partial charge on any atom is -0.379 e. The van der Waals surface area contributed by atoms with Gasteiger partial charge in [-0.15, -0.1) is 0 Å².